The van der Waals surface area contributed by atoms with E-state index in [0.717, 1.165) is 12.2 Å². The van der Waals surface area contributed by atoms with E-state index in [-0.39, 0.29) is 13.2 Å². The summed E-state index contributed by atoms with van der Waals surface area (Å²) in [5.74, 6) is -1.03. The molecule has 6 heteroatoms. The molecule has 3 N–H and O–H groups in total. The van der Waals surface area contributed by atoms with Crippen molar-refractivity contribution in [2.75, 3.05) is 13.2 Å². The molecular weight excluding hydrogens is 202 g/mol. The van der Waals surface area contributed by atoms with E-state index in [1.807, 2.05) is 0 Å². The summed E-state index contributed by atoms with van der Waals surface area (Å²) in [4.78, 5) is 20.0. The normalized spacial score (nSPS) is 7.87. The minimum Gasteiger partial charge on any atom is -0.462 e. The van der Waals surface area contributed by atoms with E-state index in [0.29, 0.717) is 6.42 Å². The molecule has 1 amide bonds. The number of hydroxylamine groups is 1. The lowest BCUT2D eigenvalue weighted by atomic mass is 10.5. The van der Waals surface area contributed by atoms with Crippen LogP contribution in [0.25, 0.3) is 0 Å². The lowest BCUT2D eigenvalue weighted by Crippen LogP contribution is -2.14. The van der Waals surface area contributed by atoms with Gasteiger partial charge in [0.05, 0.1) is 6.61 Å². The number of rotatable bonds is 5. The van der Waals surface area contributed by atoms with Crippen molar-refractivity contribution in [3.8, 4) is 0 Å². The van der Waals surface area contributed by atoms with Gasteiger partial charge >= 0.3 is 5.97 Å². The van der Waals surface area contributed by atoms with Crippen LogP contribution in [0.2, 0.25) is 0 Å². The number of nitrogens with one attached hydrogen (secondary N) is 1. The van der Waals surface area contributed by atoms with Gasteiger partial charge in [0, 0.05) is 19.1 Å². The highest BCUT2D eigenvalue weighted by Gasteiger charge is 1.91. The molecule has 0 saturated heterocycles. The minimum atomic E-state index is -0.588. The molecule has 15 heavy (non-hydrogen) atoms. The van der Waals surface area contributed by atoms with Crippen LogP contribution in [0, 0.1) is 0 Å². The second-order valence-electron chi connectivity index (χ2n) is 2.13. The molecule has 86 valence electrons. The summed E-state index contributed by atoms with van der Waals surface area (Å²) >= 11 is 0. The molecule has 0 bridgehead atoms. The lowest BCUT2D eigenvalue weighted by molar-refractivity contribution is -0.138. The van der Waals surface area contributed by atoms with E-state index in [1.54, 1.807) is 0 Å². The molecule has 0 rings (SSSR count). The van der Waals surface area contributed by atoms with E-state index in [4.69, 9.17) is 10.3 Å². The summed E-state index contributed by atoms with van der Waals surface area (Å²) in [6, 6.07) is 0. The molecule has 0 atom stereocenters. The Bertz CT molecular complexity index is 215. The predicted molar refractivity (Wildman–Crippen MR) is 53.0 cm³/mol. The highest BCUT2D eigenvalue weighted by molar-refractivity contribution is 5.85. The fourth-order valence-corrected chi connectivity index (χ4v) is 0.342. The first kappa shape index (κ1) is 15.8. The van der Waals surface area contributed by atoms with Crippen molar-refractivity contribution in [2.24, 2.45) is 0 Å². The van der Waals surface area contributed by atoms with Gasteiger partial charge in [0.15, 0.2) is 0 Å². The molecule has 0 fully saturated rings. The smallest absolute Gasteiger partial charge is 0.330 e. The van der Waals surface area contributed by atoms with Gasteiger partial charge in [-0.05, 0) is 6.08 Å². The Labute approximate surface area is 87.8 Å². The largest absolute Gasteiger partial charge is 0.462 e. The van der Waals surface area contributed by atoms with Gasteiger partial charge in [0.2, 0.25) is 0 Å². The highest BCUT2D eigenvalue weighted by Crippen LogP contribution is 1.82. The zero-order valence-electron chi connectivity index (χ0n) is 8.31. The number of hydrogen-bond donors (Lipinski definition) is 3. The molecule has 0 spiro atoms. The van der Waals surface area contributed by atoms with E-state index < -0.39 is 11.9 Å². The van der Waals surface area contributed by atoms with Crippen LogP contribution in [0.15, 0.2) is 25.3 Å². The van der Waals surface area contributed by atoms with Gasteiger partial charge < -0.3 is 9.84 Å². The average molecular weight is 217 g/mol. The zero-order valence-corrected chi connectivity index (χ0v) is 8.31. The van der Waals surface area contributed by atoms with Crippen molar-refractivity contribution in [3.63, 3.8) is 0 Å². The van der Waals surface area contributed by atoms with E-state index >= 15 is 0 Å². The quantitative estimate of drug-likeness (QED) is 0.194. The van der Waals surface area contributed by atoms with Gasteiger partial charge in [-0.15, -0.1) is 0 Å². The number of carbonyl (C=O) groups is 2. The average Bonchev–Trinajstić information content (AvgIpc) is 2.28. The molecule has 0 aromatic heterocycles. The van der Waals surface area contributed by atoms with Crippen molar-refractivity contribution in [2.45, 2.75) is 6.42 Å². The molecule has 0 aromatic rings. The molecule has 0 unspecified atom stereocenters. The van der Waals surface area contributed by atoms with Crippen molar-refractivity contribution in [1.29, 1.82) is 0 Å². The summed E-state index contributed by atoms with van der Waals surface area (Å²) in [6.07, 6.45) is 2.55. The summed E-state index contributed by atoms with van der Waals surface area (Å²) in [5, 5.41) is 15.9. The molecule has 6 nitrogen and oxygen atoms in total. The van der Waals surface area contributed by atoms with Crippen LogP contribution < -0.4 is 5.48 Å². The standard InChI is InChI=1S/C6H10O3.C3H5NO2/c1-2-6(8)9-5-3-4-7;1-2-3(5)4-6/h2,7H,1,3-5H2;2,6H,1H2,(H,4,5). The molecule has 0 saturated carbocycles. The number of carbonyl (C=O) groups excluding carboxylic acids is 2. The number of ether oxygens (including phenoxy) is 1. The number of aliphatic hydroxyl groups excluding tert-OH is 1. The van der Waals surface area contributed by atoms with E-state index in [2.05, 4.69) is 17.9 Å². The molecule has 0 aliphatic rings. The fourth-order valence-electron chi connectivity index (χ4n) is 0.342. The number of esters is 1. The van der Waals surface area contributed by atoms with Crippen LogP contribution in [-0.4, -0.2) is 35.4 Å². The van der Waals surface area contributed by atoms with Crippen molar-refractivity contribution >= 4 is 11.9 Å². The van der Waals surface area contributed by atoms with E-state index in [1.165, 1.54) is 5.48 Å². The lowest BCUT2D eigenvalue weighted by Gasteiger charge is -1.96. The first-order chi connectivity index (χ1) is 7.12. The summed E-state index contributed by atoms with van der Waals surface area (Å²) in [5.41, 5.74) is 1.36. The zero-order chi connectivity index (χ0) is 12.1. The SMILES string of the molecule is C=CC(=O)NO.C=CC(=O)OCCCO. The third-order valence-corrected chi connectivity index (χ3v) is 1.01. The van der Waals surface area contributed by atoms with Gasteiger partial charge in [-0.25, -0.2) is 10.3 Å². The Morgan fingerprint density at radius 1 is 1.33 bits per heavy atom. The highest BCUT2D eigenvalue weighted by atomic mass is 16.5. The van der Waals surface area contributed by atoms with Crippen LogP contribution in [0.4, 0.5) is 0 Å². The number of amides is 1. The summed E-state index contributed by atoms with van der Waals surface area (Å²) in [7, 11) is 0. The monoisotopic (exact) mass is 217 g/mol. The molecule has 0 aliphatic carbocycles. The molecule has 0 aliphatic heterocycles. The third-order valence-electron chi connectivity index (χ3n) is 1.01. The topological polar surface area (TPSA) is 95.9 Å². The molecule has 0 heterocycles. The summed E-state index contributed by atoms with van der Waals surface area (Å²) < 4.78 is 4.51. The Balaban J connectivity index is 0. The Morgan fingerprint density at radius 2 is 1.93 bits per heavy atom. The first-order valence-electron chi connectivity index (χ1n) is 4.08. The predicted octanol–water partition coefficient (Wildman–Crippen LogP) is -0.224. The van der Waals surface area contributed by atoms with Crippen LogP contribution >= 0.6 is 0 Å². The number of aliphatic hydroxyl groups is 1. The maximum Gasteiger partial charge on any atom is 0.330 e. The van der Waals surface area contributed by atoms with Crippen LogP contribution in [0.5, 0.6) is 0 Å². The molecule has 0 aromatic carbocycles. The van der Waals surface area contributed by atoms with Gasteiger partial charge in [0.25, 0.3) is 5.91 Å². The van der Waals surface area contributed by atoms with Gasteiger partial charge in [-0.1, -0.05) is 13.2 Å². The van der Waals surface area contributed by atoms with Crippen LogP contribution in [-0.2, 0) is 14.3 Å². The van der Waals surface area contributed by atoms with Crippen molar-refractivity contribution in [3.05, 3.63) is 25.3 Å². The van der Waals surface area contributed by atoms with Crippen LogP contribution in [0.3, 0.4) is 0 Å². The van der Waals surface area contributed by atoms with E-state index in [9.17, 15) is 9.59 Å². The third kappa shape index (κ3) is 15.1. The molecular formula is C9H15NO5. The second kappa shape index (κ2) is 12.3. The Kier molecular flexibility index (Phi) is 13.0. The van der Waals surface area contributed by atoms with Gasteiger partial charge in [-0.2, -0.15) is 0 Å². The van der Waals surface area contributed by atoms with Crippen LogP contribution in [0.1, 0.15) is 6.42 Å². The minimum absolute atomic E-state index is 0.0461. The first-order valence-corrected chi connectivity index (χ1v) is 4.08. The van der Waals surface area contributed by atoms with Gasteiger partial charge in [0.1, 0.15) is 0 Å². The fraction of sp³-hybridized carbons (Fsp3) is 0.333. The Hall–Kier alpha value is -1.66. The maximum atomic E-state index is 10.3. The Morgan fingerprint density at radius 3 is 2.20 bits per heavy atom. The summed E-state index contributed by atoms with van der Waals surface area (Å²) in [6.45, 7) is 6.57. The number of hydrogen-bond acceptors (Lipinski definition) is 5. The van der Waals surface area contributed by atoms with Gasteiger partial charge in [-0.3, -0.25) is 10.0 Å². The second-order valence-corrected chi connectivity index (χ2v) is 2.13. The van der Waals surface area contributed by atoms with Crippen molar-refractivity contribution in [1.82, 2.24) is 5.48 Å². The maximum absolute atomic E-state index is 10.3. The molecule has 0 radical (unpaired) electrons. The van der Waals surface area contributed by atoms with Crippen molar-refractivity contribution < 1.29 is 24.6 Å².